The molecule has 1 aromatic rings. The van der Waals surface area contributed by atoms with Gasteiger partial charge in [0.1, 0.15) is 17.1 Å². The van der Waals surface area contributed by atoms with Gasteiger partial charge in [0.2, 0.25) is 0 Å². The number of ether oxygens (including phenoxy) is 1. The molecule has 0 aromatic heterocycles. The van der Waals surface area contributed by atoms with Gasteiger partial charge in [0.25, 0.3) is 5.69 Å². The first-order valence-corrected chi connectivity index (χ1v) is 6.97. The number of hydrogen-bond acceptors (Lipinski definition) is 5. The molecule has 0 saturated heterocycles. The number of nitro benzene ring substituents is 1. The number of nitrogens with zero attached hydrogens (tertiary/aromatic N) is 1. The highest BCUT2D eigenvalue weighted by Gasteiger charge is 2.16. The predicted molar refractivity (Wildman–Crippen MR) is 85.4 cm³/mol. The van der Waals surface area contributed by atoms with Gasteiger partial charge >= 0.3 is 6.09 Å². The molecule has 1 aromatic carbocycles. The van der Waals surface area contributed by atoms with E-state index in [1.165, 1.54) is 6.08 Å². The quantitative estimate of drug-likeness (QED) is 0.374. The minimum absolute atomic E-state index is 0.0585. The molecular weight excluding hydrogens is 305 g/mol. The van der Waals surface area contributed by atoms with Gasteiger partial charge in [0, 0.05) is 24.2 Å². The molecule has 0 unspecified atom stereocenters. The van der Waals surface area contributed by atoms with Crippen LogP contribution in [0, 0.1) is 15.9 Å². The summed E-state index contributed by atoms with van der Waals surface area (Å²) in [6.45, 7) is 5.56. The van der Waals surface area contributed by atoms with Crippen LogP contribution in [0.2, 0.25) is 0 Å². The highest BCUT2D eigenvalue weighted by molar-refractivity contribution is 5.68. The number of anilines is 1. The van der Waals surface area contributed by atoms with Gasteiger partial charge in [-0.25, -0.2) is 9.18 Å². The lowest BCUT2D eigenvalue weighted by molar-refractivity contribution is -0.384. The molecule has 0 spiro atoms. The lowest BCUT2D eigenvalue weighted by atomic mass is 10.1. The number of rotatable bonds is 5. The molecule has 1 rings (SSSR count). The van der Waals surface area contributed by atoms with E-state index in [-0.39, 0.29) is 16.9 Å². The summed E-state index contributed by atoms with van der Waals surface area (Å²) < 4.78 is 18.7. The van der Waals surface area contributed by atoms with Crippen LogP contribution in [-0.4, -0.2) is 23.2 Å². The Morgan fingerprint density at radius 2 is 2.13 bits per heavy atom. The third kappa shape index (κ3) is 6.33. The Bertz CT molecular complexity index is 624. The second kappa shape index (κ2) is 7.57. The van der Waals surface area contributed by atoms with Crippen LogP contribution < -0.4 is 11.1 Å². The molecule has 0 saturated carbocycles. The van der Waals surface area contributed by atoms with Gasteiger partial charge in [-0.2, -0.15) is 0 Å². The number of carbonyl (C=O) groups excluding carboxylic acids is 1. The molecule has 8 heteroatoms. The largest absolute Gasteiger partial charge is 0.444 e. The Balaban J connectivity index is 2.57. The van der Waals surface area contributed by atoms with Crippen molar-refractivity contribution in [3.63, 3.8) is 0 Å². The van der Waals surface area contributed by atoms with E-state index in [0.717, 1.165) is 12.1 Å². The number of halogens is 1. The van der Waals surface area contributed by atoms with Crippen molar-refractivity contribution in [1.82, 2.24) is 5.32 Å². The van der Waals surface area contributed by atoms with E-state index < -0.39 is 22.4 Å². The normalized spacial score (nSPS) is 11.5. The van der Waals surface area contributed by atoms with Crippen LogP contribution in [-0.2, 0) is 4.74 Å². The van der Waals surface area contributed by atoms with Gasteiger partial charge in [-0.15, -0.1) is 0 Å². The molecule has 23 heavy (non-hydrogen) atoms. The number of hydrogen-bond donors (Lipinski definition) is 2. The van der Waals surface area contributed by atoms with Crippen LogP contribution in [0.4, 0.5) is 20.6 Å². The Kier molecular flexibility index (Phi) is 6.06. The van der Waals surface area contributed by atoms with Gasteiger partial charge in [0.05, 0.1) is 4.92 Å². The number of alkyl carbamates (subject to hydrolysis) is 1. The highest BCUT2D eigenvalue weighted by atomic mass is 19.1. The molecular formula is C15H20FN3O4. The van der Waals surface area contributed by atoms with Crippen LogP contribution in [0.1, 0.15) is 32.8 Å². The first kappa shape index (κ1) is 18.4. The standard InChI is InChI=1S/C15H20FN3O4/c1-15(2,3)23-14(20)18-7-5-4-6-10-8-13(19(21)22)12(17)9-11(10)16/h4,6,8-9H,5,7,17H2,1-3H3,(H,18,20). The number of carbonyl (C=O) groups is 1. The maximum Gasteiger partial charge on any atom is 0.407 e. The van der Waals surface area contributed by atoms with Crippen molar-refractivity contribution in [2.75, 3.05) is 12.3 Å². The number of nitrogens with one attached hydrogen (secondary N) is 1. The molecule has 0 radical (unpaired) electrons. The summed E-state index contributed by atoms with van der Waals surface area (Å²) in [7, 11) is 0. The summed E-state index contributed by atoms with van der Waals surface area (Å²) >= 11 is 0. The third-order valence-corrected chi connectivity index (χ3v) is 2.62. The number of nitrogens with two attached hydrogens (primary N) is 1. The van der Waals surface area contributed by atoms with Crippen molar-refractivity contribution >= 4 is 23.5 Å². The van der Waals surface area contributed by atoms with Gasteiger partial charge in [-0.05, 0) is 27.2 Å². The summed E-state index contributed by atoms with van der Waals surface area (Å²) in [6.07, 6.45) is 2.87. The summed E-state index contributed by atoms with van der Waals surface area (Å²) in [5.41, 5.74) is 4.29. The molecule has 0 fully saturated rings. The average Bonchev–Trinajstić information content (AvgIpc) is 2.38. The zero-order valence-corrected chi connectivity index (χ0v) is 13.3. The van der Waals surface area contributed by atoms with Gasteiger partial charge in [-0.1, -0.05) is 12.2 Å². The molecule has 0 aliphatic carbocycles. The fourth-order valence-electron chi connectivity index (χ4n) is 1.66. The SMILES string of the molecule is CC(C)(C)OC(=O)NCCC=Cc1cc([N+](=O)[O-])c(N)cc1F. The van der Waals surface area contributed by atoms with Crippen molar-refractivity contribution in [1.29, 1.82) is 0 Å². The van der Waals surface area contributed by atoms with Crippen LogP contribution in [0.25, 0.3) is 6.08 Å². The Hall–Kier alpha value is -2.64. The zero-order chi connectivity index (χ0) is 17.6. The number of nitro groups is 1. The summed E-state index contributed by atoms with van der Waals surface area (Å²) in [5.74, 6) is -0.649. The Morgan fingerprint density at radius 1 is 1.48 bits per heavy atom. The molecule has 0 aliphatic rings. The maximum atomic E-state index is 13.7. The van der Waals surface area contributed by atoms with E-state index in [9.17, 15) is 19.3 Å². The van der Waals surface area contributed by atoms with E-state index >= 15 is 0 Å². The van der Waals surface area contributed by atoms with Gasteiger partial charge < -0.3 is 15.8 Å². The first-order valence-electron chi connectivity index (χ1n) is 6.97. The van der Waals surface area contributed by atoms with Crippen molar-refractivity contribution in [2.45, 2.75) is 32.8 Å². The fraction of sp³-hybridized carbons (Fsp3) is 0.400. The van der Waals surface area contributed by atoms with Crippen molar-refractivity contribution < 1.29 is 18.8 Å². The molecule has 7 nitrogen and oxygen atoms in total. The maximum absolute atomic E-state index is 13.7. The molecule has 0 atom stereocenters. The minimum atomic E-state index is -0.670. The minimum Gasteiger partial charge on any atom is -0.444 e. The summed E-state index contributed by atoms with van der Waals surface area (Å²) in [5, 5.41) is 13.3. The van der Waals surface area contributed by atoms with Crippen molar-refractivity contribution in [2.24, 2.45) is 0 Å². The highest BCUT2D eigenvalue weighted by Crippen LogP contribution is 2.25. The van der Waals surface area contributed by atoms with Gasteiger partial charge in [0.15, 0.2) is 0 Å². The first-order chi connectivity index (χ1) is 10.6. The predicted octanol–water partition coefficient (Wildman–Crippen LogP) is 3.24. The number of nitrogen functional groups attached to an aromatic ring is 1. The van der Waals surface area contributed by atoms with E-state index in [0.29, 0.717) is 13.0 Å². The second-order valence-corrected chi connectivity index (χ2v) is 5.81. The molecule has 0 heterocycles. The van der Waals surface area contributed by atoms with E-state index in [4.69, 9.17) is 10.5 Å². The van der Waals surface area contributed by atoms with E-state index in [2.05, 4.69) is 5.32 Å². The lowest BCUT2D eigenvalue weighted by Gasteiger charge is -2.19. The summed E-state index contributed by atoms with van der Waals surface area (Å²) in [6, 6.07) is 1.99. The van der Waals surface area contributed by atoms with Crippen LogP contribution in [0.5, 0.6) is 0 Å². The number of benzene rings is 1. The Morgan fingerprint density at radius 3 is 2.70 bits per heavy atom. The Labute approximate surface area is 133 Å². The van der Waals surface area contributed by atoms with E-state index in [1.807, 2.05) is 0 Å². The molecule has 0 bridgehead atoms. The average molecular weight is 325 g/mol. The molecule has 0 aliphatic heterocycles. The monoisotopic (exact) mass is 325 g/mol. The molecule has 126 valence electrons. The number of amides is 1. The van der Waals surface area contributed by atoms with Crippen LogP contribution in [0.15, 0.2) is 18.2 Å². The smallest absolute Gasteiger partial charge is 0.407 e. The van der Waals surface area contributed by atoms with Gasteiger partial charge in [-0.3, -0.25) is 10.1 Å². The van der Waals surface area contributed by atoms with Crippen LogP contribution >= 0.6 is 0 Å². The molecule has 3 N–H and O–H groups in total. The molecule has 1 amide bonds. The van der Waals surface area contributed by atoms with E-state index in [1.54, 1.807) is 26.8 Å². The second-order valence-electron chi connectivity index (χ2n) is 5.81. The zero-order valence-electron chi connectivity index (χ0n) is 13.3. The van der Waals surface area contributed by atoms with Crippen LogP contribution in [0.3, 0.4) is 0 Å². The topological polar surface area (TPSA) is 107 Å². The fourth-order valence-corrected chi connectivity index (χ4v) is 1.66. The summed E-state index contributed by atoms with van der Waals surface area (Å²) in [4.78, 5) is 21.5. The third-order valence-electron chi connectivity index (χ3n) is 2.62. The van der Waals surface area contributed by atoms with Crippen molar-refractivity contribution in [3.8, 4) is 0 Å². The lowest BCUT2D eigenvalue weighted by Crippen LogP contribution is -2.32. The van der Waals surface area contributed by atoms with Crippen molar-refractivity contribution in [3.05, 3.63) is 39.7 Å².